The molecule has 0 radical (unpaired) electrons. The fraction of sp³-hybridized carbons (Fsp3) is 0.857. The number of carbonyl (C=O) groups is 1. The molecule has 0 rings (SSSR count). The Morgan fingerprint density at radius 2 is 1.45 bits per heavy atom. The van der Waals surface area contributed by atoms with E-state index in [0.717, 1.165) is 0 Å². The molecule has 0 aromatic heterocycles. The fourth-order valence-corrected chi connectivity index (χ4v) is 0. The monoisotopic (exact) mass is 182 g/mol. The highest BCUT2D eigenvalue weighted by molar-refractivity contribution is 7.89. The number of carbonyl (C=O) groups excluding carboxylic acids is 1. The van der Waals surface area contributed by atoms with Gasteiger partial charge in [-0.25, -0.2) is 0 Å². The van der Waals surface area contributed by atoms with Crippen molar-refractivity contribution in [2.24, 2.45) is 0 Å². The lowest BCUT2D eigenvalue weighted by Crippen LogP contribution is -1.86. The molecule has 0 aliphatic rings. The maximum absolute atomic E-state index is 9.56. The van der Waals surface area contributed by atoms with Crippen LogP contribution in [0.2, 0.25) is 0 Å². The first-order chi connectivity index (χ1) is 4.88. The van der Waals surface area contributed by atoms with Crippen molar-refractivity contribution in [2.45, 2.75) is 20.8 Å². The lowest BCUT2D eigenvalue weighted by molar-refractivity contribution is -0.114. The summed E-state index contributed by atoms with van der Waals surface area (Å²) in [5.41, 5.74) is 0. The Hall–Kier alpha value is -0.0600. The number of hydrogen-bond donors (Lipinski definition) is 1. The second-order valence-electron chi connectivity index (χ2n) is 1.97. The van der Waals surface area contributed by atoms with Crippen LogP contribution >= 0.6 is 0 Å². The lowest BCUT2D eigenvalue weighted by Gasteiger charge is -1.87. The molecule has 4 heteroatoms. The standard InChI is InChI=1S/C3H6O.C2H6OS.C2H6O/c1-3(2)4;1-4(2)3;1-2-3/h2*1-2H3;3H,2H2,1H3. The van der Waals surface area contributed by atoms with E-state index in [1.54, 1.807) is 19.4 Å². The van der Waals surface area contributed by atoms with Gasteiger partial charge in [-0.05, 0) is 20.8 Å². The molecule has 0 aromatic carbocycles. The van der Waals surface area contributed by atoms with E-state index in [2.05, 4.69) is 0 Å². The molecule has 0 unspecified atom stereocenters. The van der Waals surface area contributed by atoms with Crippen molar-refractivity contribution in [3.63, 3.8) is 0 Å². The summed E-state index contributed by atoms with van der Waals surface area (Å²) < 4.78 is 9.56. The van der Waals surface area contributed by atoms with Gasteiger partial charge >= 0.3 is 0 Å². The summed E-state index contributed by atoms with van der Waals surface area (Å²) in [5.74, 6) is 0.167. The molecule has 70 valence electrons. The Morgan fingerprint density at radius 1 is 1.45 bits per heavy atom. The molecule has 0 aliphatic heterocycles. The van der Waals surface area contributed by atoms with Gasteiger partial charge < -0.3 is 14.5 Å². The van der Waals surface area contributed by atoms with E-state index in [-0.39, 0.29) is 12.4 Å². The number of aliphatic hydroxyl groups is 1. The molecule has 1 N–H and O–H groups in total. The number of rotatable bonds is 0. The smallest absolute Gasteiger partial charge is 0.126 e. The molecule has 0 saturated heterocycles. The highest BCUT2D eigenvalue weighted by Gasteiger charge is 1.66. The second kappa shape index (κ2) is 16.5. The minimum absolute atomic E-state index is 0.167. The van der Waals surface area contributed by atoms with Gasteiger partial charge in [-0.1, -0.05) is 11.2 Å². The van der Waals surface area contributed by atoms with E-state index in [4.69, 9.17) is 5.11 Å². The Labute approximate surface area is 72.0 Å². The van der Waals surface area contributed by atoms with Crippen LogP contribution in [0.15, 0.2) is 0 Å². The normalized spacial score (nSPS) is 7.27. The molecule has 0 aromatic rings. The van der Waals surface area contributed by atoms with E-state index in [0.29, 0.717) is 0 Å². The van der Waals surface area contributed by atoms with Crippen molar-refractivity contribution in [3.8, 4) is 0 Å². The molecule has 0 heterocycles. The average Bonchev–Trinajstić information content (AvgIpc) is 1.60. The third-order valence-corrected chi connectivity index (χ3v) is 0. The third-order valence-electron chi connectivity index (χ3n) is 0. The predicted octanol–water partition coefficient (Wildman–Crippen LogP) is 0.589. The van der Waals surface area contributed by atoms with Crippen LogP contribution < -0.4 is 0 Å². The number of hydrogen-bond acceptors (Lipinski definition) is 3. The Kier molecular flexibility index (Phi) is 25.7. The summed E-state index contributed by atoms with van der Waals surface area (Å²) in [7, 11) is 0. The van der Waals surface area contributed by atoms with Crippen LogP contribution in [0.5, 0.6) is 0 Å². The van der Waals surface area contributed by atoms with Crippen LogP contribution in [0, 0.1) is 0 Å². The van der Waals surface area contributed by atoms with E-state index in [1.807, 2.05) is 0 Å². The van der Waals surface area contributed by atoms with Gasteiger partial charge in [-0.3, -0.25) is 0 Å². The van der Waals surface area contributed by atoms with Crippen molar-refractivity contribution in [3.05, 3.63) is 0 Å². The Bertz CT molecular complexity index is 67.3. The molecular formula is C7H18O3S. The molecule has 0 amide bonds. The molecule has 0 saturated carbocycles. The van der Waals surface area contributed by atoms with Gasteiger partial charge in [0, 0.05) is 6.61 Å². The molecular weight excluding hydrogens is 164 g/mol. The summed E-state index contributed by atoms with van der Waals surface area (Å²) in [6, 6.07) is 0. The van der Waals surface area contributed by atoms with Crippen molar-refractivity contribution in [1.82, 2.24) is 0 Å². The molecule has 0 bridgehead atoms. The van der Waals surface area contributed by atoms with Crippen molar-refractivity contribution < 1.29 is 14.5 Å². The number of ketones is 1. The van der Waals surface area contributed by atoms with Crippen molar-refractivity contribution >= 4 is 17.0 Å². The van der Waals surface area contributed by atoms with Crippen LogP contribution in [0.4, 0.5) is 0 Å². The van der Waals surface area contributed by atoms with E-state index in [9.17, 15) is 9.35 Å². The lowest BCUT2D eigenvalue weighted by atomic mass is 10.6. The summed E-state index contributed by atoms with van der Waals surface area (Å²) in [6.45, 7) is 4.99. The van der Waals surface area contributed by atoms with Crippen LogP contribution in [-0.2, 0) is 16.0 Å². The summed E-state index contributed by atoms with van der Waals surface area (Å²) >= 11 is -0.611. The van der Waals surface area contributed by atoms with Crippen LogP contribution in [0.1, 0.15) is 20.8 Å². The van der Waals surface area contributed by atoms with Gasteiger partial charge in [0.1, 0.15) is 5.78 Å². The highest BCUT2D eigenvalue weighted by atomic mass is 32.2. The van der Waals surface area contributed by atoms with Crippen LogP contribution in [0.25, 0.3) is 0 Å². The molecule has 0 aliphatic carbocycles. The summed E-state index contributed by atoms with van der Waals surface area (Å²) in [4.78, 5) is 9.44. The number of Topliss-reactive ketones (excluding diaryl/α,β-unsaturated/α-hetero) is 1. The topological polar surface area (TPSA) is 60.4 Å². The van der Waals surface area contributed by atoms with E-state index < -0.39 is 11.2 Å². The minimum atomic E-state index is -0.611. The zero-order valence-electron chi connectivity index (χ0n) is 7.88. The highest BCUT2D eigenvalue weighted by Crippen LogP contribution is 1.61. The summed E-state index contributed by atoms with van der Waals surface area (Å²) in [5, 5.41) is 7.57. The van der Waals surface area contributed by atoms with Gasteiger partial charge in [-0.15, -0.1) is 0 Å². The fourth-order valence-electron chi connectivity index (χ4n) is 0. The van der Waals surface area contributed by atoms with Gasteiger partial charge in [0.25, 0.3) is 0 Å². The maximum Gasteiger partial charge on any atom is 0.126 e. The first-order valence-electron chi connectivity index (χ1n) is 3.21. The Morgan fingerprint density at radius 3 is 1.45 bits per heavy atom. The number of aliphatic hydroxyl groups excluding tert-OH is 1. The predicted molar refractivity (Wildman–Crippen MR) is 49.1 cm³/mol. The zero-order chi connectivity index (χ0) is 9.86. The zero-order valence-corrected chi connectivity index (χ0v) is 8.70. The minimum Gasteiger partial charge on any atom is -0.617 e. The maximum atomic E-state index is 9.56. The molecule has 0 atom stereocenters. The first-order valence-corrected chi connectivity index (χ1v) is 5.18. The van der Waals surface area contributed by atoms with Gasteiger partial charge in [0.05, 0.1) is 12.5 Å². The van der Waals surface area contributed by atoms with Gasteiger partial charge in [0.15, 0.2) is 0 Å². The summed E-state index contributed by atoms with van der Waals surface area (Å²) in [6.07, 6.45) is 3.28. The van der Waals surface area contributed by atoms with Crippen molar-refractivity contribution in [2.75, 3.05) is 19.1 Å². The van der Waals surface area contributed by atoms with E-state index in [1.165, 1.54) is 13.8 Å². The third kappa shape index (κ3) is 174000. The van der Waals surface area contributed by atoms with Crippen LogP contribution in [-0.4, -0.2) is 34.6 Å². The average molecular weight is 182 g/mol. The largest absolute Gasteiger partial charge is 0.617 e. The second-order valence-corrected chi connectivity index (χ2v) is 3.45. The quantitative estimate of drug-likeness (QED) is 0.558. The molecule has 0 spiro atoms. The van der Waals surface area contributed by atoms with E-state index >= 15 is 0 Å². The van der Waals surface area contributed by atoms with Crippen molar-refractivity contribution in [1.29, 1.82) is 0 Å². The SMILES string of the molecule is CC(C)=O.CCO.C[S+](C)[O-]. The van der Waals surface area contributed by atoms with Gasteiger partial charge in [0.2, 0.25) is 0 Å². The first kappa shape index (κ1) is 17.1. The molecule has 11 heavy (non-hydrogen) atoms. The Balaban J connectivity index is -0.0000000886. The molecule has 0 fully saturated rings. The molecule has 3 nitrogen and oxygen atoms in total. The van der Waals surface area contributed by atoms with Gasteiger partial charge in [-0.2, -0.15) is 0 Å². The van der Waals surface area contributed by atoms with Crippen LogP contribution in [0.3, 0.4) is 0 Å².